The third-order valence-electron chi connectivity index (χ3n) is 4.15. The van der Waals surface area contributed by atoms with Gasteiger partial charge in [-0.05, 0) is 45.0 Å². The Bertz CT molecular complexity index is 907. The summed E-state index contributed by atoms with van der Waals surface area (Å²) in [6, 6.07) is 14.7. The molecule has 144 valence electrons. The number of nitrogens with zero attached hydrogens (tertiary/aromatic N) is 2. The summed E-state index contributed by atoms with van der Waals surface area (Å²) in [6.45, 7) is 4.88. The summed E-state index contributed by atoms with van der Waals surface area (Å²) in [5, 5.41) is 0. The van der Waals surface area contributed by atoms with Crippen LogP contribution in [0.3, 0.4) is 0 Å². The zero-order valence-electron chi connectivity index (χ0n) is 15.9. The Hall–Kier alpha value is -2.51. The number of sulfonamides is 1. The first-order chi connectivity index (χ1) is 12.6. The minimum atomic E-state index is -3.84. The van der Waals surface area contributed by atoms with Crippen LogP contribution >= 0.6 is 0 Å². The molecular weight excluding hydrogens is 364 g/mol. The molecule has 0 aliphatic carbocycles. The molecule has 0 aromatic heterocycles. The van der Waals surface area contributed by atoms with Gasteiger partial charge in [0.15, 0.2) is 5.78 Å². The average Bonchev–Trinajstić information content (AvgIpc) is 2.62. The van der Waals surface area contributed by atoms with Crippen LogP contribution < -0.4 is 4.90 Å². The third kappa shape index (κ3) is 4.81. The van der Waals surface area contributed by atoms with E-state index in [1.54, 1.807) is 4.90 Å². The van der Waals surface area contributed by atoms with Crippen molar-refractivity contribution in [1.29, 1.82) is 0 Å². The molecule has 2 rings (SSSR count). The predicted molar refractivity (Wildman–Crippen MR) is 105 cm³/mol. The highest BCUT2D eigenvalue weighted by Crippen LogP contribution is 2.19. The minimum absolute atomic E-state index is 0.0404. The molecule has 0 aliphatic rings. The average molecular weight is 388 g/mol. The van der Waals surface area contributed by atoms with Crippen LogP contribution in [0.2, 0.25) is 0 Å². The van der Waals surface area contributed by atoms with E-state index in [9.17, 15) is 18.0 Å². The number of hydrogen-bond acceptors (Lipinski definition) is 4. The lowest BCUT2D eigenvalue weighted by Crippen LogP contribution is -2.44. The van der Waals surface area contributed by atoms with Gasteiger partial charge < -0.3 is 4.90 Å². The van der Waals surface area contributed by atoms with E-state index in [0.29, 0.717) is 11.3 Å². The van der Waals surface area contributed by atoms with Gasteiger partial charge in [0.05, 0.1) is 11.4 Å². The maximum atomic E-state index is 12.8. The quantitative estimate of drug-likeness (QED) is 0.684. The van der Waals surface area contributed by atoms with Gasteiger partial charge >= 0.3 is 0 Å². The number of likely N-dealkylation sites (N-methyl/N-ethyl adjacent to an activating group) is 1. The Labute approximate surface area is 160 Å². The standard InChI is InChI=1S/C20H24N2O4S/c1-15(2)22(18-8-6-5-7-9-18)20(24)14-21(4)27(25,26)19-12-10-17(11-13-19)16(3)23/h5-13,15H,14H2,1-4H3. The van der Waals surface area contributed by atoms with Crippen LogP contribution in [-0.4, -0.2) is 44.0 Å². The van der Waals surface area contributed by atoms with Gasteiger partial charge in [-0.1, -0.05) is 30.3 Å². The van der Waals surface area contributed by atoms with Crippen LogP contribution in [0.5, 0.6) is 0 Å². The largest absolute Gasteiger partial charge is 0.309 e. The molecule has 2 aromatic carbocycles. The number of benzene rings is 2. The Morgan fingerprint density at radius 3 is 2.00 bits per heavy atom. The molecule has 0 fully saturated rings. The lowest BCUT2D eigenvalue weighted by atomic mass is 10.2. The number of amides is 1. The molecule has 0 saturated carbocycles. The van der Waals surface area contributed by atoms with Crippen molar-refractivity contribution in [1.82, 2.24) is 4.31 Å². The van der Waals surface area contributed by atoms with Crippen molar-refractivity contribution >= 4 is 27.4 Å². The van der Waals surface area contributed by atoms with Gasteiger partial charge in [-0.25, -0.2) is 8.42 Å². The maximum Gasteiger partial charge on any atom is 0.243 e. The van der Waals surface area contributed by atoms with Gasteiger partial charge in [-0.3, -0.25) is 9.59 Å². The van der Waals surface area contributed by atoms with Crippen molar-refractivity contribution in [2.45, 2.75) is 31.7 Å². The van der Waals surface area contributed by atoms with Crippen LogP contribution in [0.1, 0.15) is 31.1 Å². The van der Waals surface area contributed by atoms with E-state index in [0.717, 1.165) is 4.31 Å². The summed E-state index contributed by atoms with van der Waals surface area (Å²) < 4.78 is 26.5. The molecule has 6 nitrogen and oxygen atoms in total. The highest BCUT2D eigenvalue weighted by atomic mass is 32.2. The first kappa shape index (κ1) is 20.8. The van der Waals surface area contributed by atoms with Gasteiger partial charge in [-0.2, -0.15) is 4.31 Å². The molecule has 2 aromatic rings. The number of para-hydroxylation sites is 1. The summed E-state index contributed by atoms with van der Waals surface area (Å²) in [5.41, 5.74) is 1.15. The third-order valence-corrected chi connectivity index (χ3v) is 5.96. The van der Waals surface area contributed by atoms with Crippen molar-refractivity contribution in [2.75, 3.05) is 18.5 Å². The van der Waals surface area contributed by atoms with Gasteiger partial charge in [0, 0.05) is 24.3 Å². The molecule has 0 bridgehead atoms. The second-order valence-electron chi connectivity index (χ2n) is 6.53. The molecule has 0 N–H and O–H groups in total. The molecule has 27 heavy (non-hydrogen) atoms. The molecule has 0 aliphatic heterocycles. The van der Waals surface area contributed by atoms with Crippen LogP contribution in [0.25, 0.3) is 0 Å². The molecule has 0 spiro atoms. The SMILES string of the molecule is CC(=O)c1ccc(S(=O)(=O)N(C)CC(=O)N(c2ccccc2)C(C)C)cc1. The summed E-state index contributed by atoms with van der Waals surface area (Å²) in [5.74, 6) is -0.458. The van der Waals surface area contributed by atoms with Gasteiger partial charge in [0.25, 0.3) is 0 Å². The van der Waals surface area contributed by atoms with Crippen molar-refractivity contribution in [3.8, 4) is 0 Å². The van der Waals surface area contributed by atoms with Gasteiger partial charge in [-0.15, -0.1) is 0 Å². The summed E-state index contributed by atoms with van der Waals surface area (Å²) >= 11 is 0. The monoisotopic (exact) mass is 388 g/mol. The maximum absolute atomic E-state index is 12.8. The second kappa shape index (κ2) is 8.45. The lowest BCUT2D eigenvalue weighted by molar-refractivity contribution is -0.119. The Balaban J connectivity index is 2.22. The fraction of sp³-hybridized carbons (Fsp3) is 0.300. The van der Waals surface area contributed by atoms with E-state index in [4.69, 9.17) is 0 Å². The zero-order valence-corrected chi connectivity index (χ0v) is 16.7. The molecule has 0 unspecified atom stereocenters. The van der Waals surface area contributed by atoms with E-state index in [2.05, 4.69) is 0 Å². The van der Waals surface area contributed by atoms with E-state index in [1.165, 1.54) is 38.2 Å². The number of carbonyl (C=O) groups excluding carboxylic acids is 2. The fourth-order valence-corrected chi connectivity index (χ4v) is 3.83. The van der Waals surface area contributed by atoms with E-state index in [-0.39, 0.29) is 29.2 Å². The van der Waals surface area contributed by atoms with Crippen molar-refractivity contribution in [3.05, 3.63) is 60.2 Å². The number of Topliss-reactive ketones (excluding diaryl/α,β-unsaturated/α-hetero) is 1. The van der Waals surface area contributed by atoms with Crippen LogP contribution in [0, 0.1) is 0 Å². The predicted octanol–water partition coefficient (Wildman–Crippen LogP) is 2.95. The molecule has 0 radical (unpaired) electrons. The van der Waals surface area contributed by atoms with Crippen LogP contribution in [0.15, 0.2) is 59.5 Å². The highest BCUT2D eigenvalue weighted by molar-refractivity contribution is 7.89. The summed E-state index contributed by atoms with van der Waals surface area (Å²) in [4.78, 5) is 25.8. The molecule has 0 atom stereocenters. The van der Waals surface area contributed by atoms with Crippen LogP contribution in [-0.2, 0) is 14.8 Å². The minimum Gasteiger partial charge on any atom is -0.309 e. The topological polar surface area (TPSA) is 74.8 Å². The Morgan fingerprint density at radius 2 is 1.52 bits per heavy atom. The highest BCUT2D eigenvalue weighted by Gasteiger charge is 2.27. The van der Waals surface area contributed by atoms with Gasteiger partial charge in [0.1, 0.15) is 0 Å². The van der Waals surface area contributed by atoms with E-state index in [1.807, 2.05) is 44.2 Å². The van der Waals surface area contributed by atoms with Crippen molar-refractivity contribution in [2.24, 2.45) is 0 Å². The summed E-state index contributed by atoms with van der Waals surface area (Å²) in [6.07, 6.45) is 0. The Morgan fingerprint density at radius 1 is 0.963 bits per heavy atom. The number of hydrogen-bond donors (Lipinski definition) is 0. The van der Waals surface area contributed by atoms with E-state index >= 15 is 0 Å². The lowest BCUT2D eigenvalue weighted by Gasteiger charge is -2.28. The molecule has 0 saturated heterocycles. The normalized spacial score (nSPS) is 11.6. The molecule has 7 heteroatoms. The smallest absolute Gasteiger partial charge is 0.243 e. The van der Waals surface area contributed by atoms with Crippen molar-refractivity contribution in [3.63, 3.8) is 0 Å². The first-order valence-electron chi connectivity index (χ1n) is 8.59. The number of rotatable bonds is 7. The second-order valence-corrected chi connectivity index (χ2v) is 8.58. The molecule has 1 amide bonds. The first-order valence-corrected chi connectivity index (χ1v) is 10.0. The number of ketones is 1. The zero-order chi connectivity index (χ0) is 20.2. The van der Waals surface area contributed by atoms with E-state index < -0.39 is 10.0 Å². The Kier molecular flexibility index (Phi) is 6.51. The van der Waals surface area contributed by atoms with Crippen molar-refractivity contribution < 1.29 is 18.0 Å². The van der Waals surface area contributed by atoms with Crippen LogP contribution in [0.4, 0.5) is 5.69 Å². The molecule has 0 heterocycles. The van der Waals surface area contributed by atoms with Gasteiger partial charge in [0.2, 0.25) is 15.9 Å². The summed E-state index contributed by atoms with van der Waals surface area (Å²) in [7, 11) is -2.47. The fourth-order valence-electron chi connectivity index (χ4n) is 2.71. The number of carbonyl (C=O) groups is 2. The molecular formula is C20H24N2O4S. The number of anilines is 1.